The molecule has 1 atom stereocenters. The third-order valence-electron chi connectivity index (χ3n) is 6.86. The molecule has 1 aromatic carbocycles. The molecule has 9 heteroatoms. The highest BCUT2D eigenvalue weighted by Crippen LogP contribution is 2.42. The first kappa shape index (κ1) is 22.0. The number of aliphatic hydroxyl groups is 1. The Morgan fingerprint density at radius 1 is 1.24 bits per heavy atom. The molecule has 178 valence electrons. The van der Waals surface area contributed by atoms with Crippen LogP contribution in [0.25, 0.3) is 0 Å². The maximum absolute atomic E-state index is 13.1. The van der Waals surface area contributed by atoms with Crippen molar-refractivity contribution >= 4 is 23.3 Å². The lowest BCUT2D eigenvalue weighted by Gasteiger charge is -2.34. The predicted octanol–water partition coefficient (Wildman–Crippen LogP) is 2.39. The van der Waals surface area contributed by atoms with Gasteiger partial charge in [0, 0.05) is 56.9 Å². The van der Waals surface area contributed by atoms with Crippen LogP contribution in [0.2, 0.25) is 0 Å². The van der Waals surface area contributed by atoms with Gasteiger partial charge in [-0.25, -0.2) is 0 Å². The molecule has 0 spiro atoms. The lowest BCUT2D eigenvalue weighted by atomic mass is 9.96. The topological polar surface area (TPSA) is 117 Å². The lowest BCUT2D eigenvalue weighted by molar-refractivity contribution is 0.102. The van der Waals surface area contributed by atoms with Gasteiger partial charge in [-0.3, -0.25) is 4.79 Å². The van der Waals surface area contributed by atoms with Gasteiger partial charge in [0.2, 0.25) is 0 Å². The van der Waals surface area contributed by atoms with Crippen molar-refractivity contribution in [3.63, 3.8) is 0 Å². The molecule has 1 aromatic heterocycles. The zero-order valence-corrected chi connectivity index (χ0v) is 19.3. The molecule has 2 aromatic rings. The van der Waals surface area contributed by atoms with E-state index in [0.717, 1.165) is 68.0 Å². The fourth-order valence-corrected chi connectivity index (χ4v) is 5.02. The molecule has 33 heavy (non-hydrogen) atoms. The smallest absolute Gasteiger partial charge is 0.298 e. The average molecular weight is 456 g/mol. The van der Waals surface area contributed by atoms with Gasteiger partial charge >= 0.3 is 0 Å². The van der Waals surface area contributed by atoms with Crippen molar-refractivity contribution in [3.05, 3.63) is 29.7 Å². The van der Waals surface area contributed by atoms with Gasteiger partial charge in [0.1, 0.15) is 17.6 Å². The van der Waals surface area contributed by atoms with Crippen LogP contribution >= 0.6 is 0 Å². The molecular formula is C24H33N5O4. The minimum absolute atomic E-state index is 0.101. The van der Waals surface area contributed by atoms with E-state index >= 15 is 0 Å². The fraction of sp³-hybridized carbons (Fsp3) is 0.583. The monoisotopic (exact) mass is 455 g/mol. The van der Waals surface area contributed by atoms with Crippen molar-refractivity contribution < 1.29 is 19.1 Å². The summed E-state index contributed by atoms with van der Waals surface area (Å²) in [7, 11) is 0. The Balaban J connectivity index is 1.39. The number of nitrogens with two attached hydrogens (primary N) is 1. The van der Waals surface area contributed by atoms with Crippen molar-refractivity contribution in [1.29, 1.82) is 0 Å². The number of fused-ring (bicyclic) bond motifs is 1. The molecule has 0 aliphatic carbocycles. The number of oxazole rings is 1. The Labute approximate surface area is 193 Å². The van der Waals surface area contributed by atoms with Gasteiger partial charge in [0.15, 0.2) is 5.69 Å². The van der Waals surface area contributed by atoms with Crippen LogP contribution < -0.4 is 25.6 Å². The summed E-state index contributed by atoms with van der Waals surface area (Å²) < 4.78 is 11.7. The first-order chi connectivity index (χ1) is 15.8. The number of nitrogens with zero attached hydrogens (tertiary/aromatic N) is 3. The summed E-state index contributed by atoms with van der Waals surface area (Å²) in [6.45, 7) is 7.44. The van der Waals surface area contributed by atoms with Crippen molar-refractivity contribution in [2.24, 2.45) is 11.7 Å². The molecule has 1 amide bonds. The van der Waals surface area contributed by atoms with E-state index in [1.807, 2.05) is 17.0 Å². The number of piperidine rings is 1. The van der Waals surface area contributed by atoms with Crippen molar-refractivity contribution in [3.8, 4) is 5.75 Å². The van der Waals surface area contributed by atoms with Gasteiger partial charge in [-0.05, 0) is 45.1 Å². The van der Waals surface area contributed by atoms with Crippen LogP contribution in [0.4, 0.5) is 17.4 Å². The van der Waals surface area contributed by atoms with E-state index in [4.69, 9.17) is 14.9 Å². The zero-order valence-electron chi connectivity index (χ0n) is 19.3. The van der Waals surface area contributed by atoms with Crippen LogP contribution in [0.5, 0.6) is 5.75 Å². The molecule has 0 bridgehead atoms. The number of hydrogen-bond donors (Lipinski definition) is 3. The molecule has 0 radical (unpaired) electrons. The van der Waals surface area contributed by atoms with Gasteiger partial charge in [-0.1, -0.05) is 0 Å². The standard InChI is InChI=1S/C24H33N5O4/c1-24(2)11-16-9-18(20(10-21(16)33-24)28-6-3-15(13-30)4-7-28)26-22(31)19-14-32-23(27-19)29-8-5-17(25)12-29/h9-10,14-15,17,30H,3-8,11-13,25H2,1-2H3,(H,26,31)/t17-/m1/s1. The van der Waals surface area contributed by atoms with E-state index in [1.165, 1.54) is 6.26 Å². The van der Waals surface area contributed by atoms with E-state index in [0.29, 0.717) is 18.5 Å². The number of anilines is 3. The van der Waals surface area contributed by atoms with E-state index in [2.05, 4.69) is 29.0 Å². The molecule has 2 saturated heterocycles. The second kappa shape index (κ2) is 8.53. The quantitative estimate of drug-likeness (QED) is 0.629. The Hall–Kier alpha value is -2.78. The van der Waals surface area contributed by atoms with Gasteiger partial charge in [-0.15, -0.1) is 0 Å². The summed E-state index contributed by atoms with van der Waals surface area (Å²) in [5.41, 5.74) is 8.71. The maximum atomic E-state index is 13.1. The van der Waals surface area contributed by atoms with Crippen LogP contribution in [0.1, 0.15) is 49.2 Å². The van der Waals surface area contributed by atoms with Crippen LogP contribution in [-0.2, 0) is 6.42 Å². The highest BCUT2D eigenvalue weighted by molar-refractivity contribution is 6.05. The van der Waals surface area contributed by atoms with Crippen LogP contribution in [0, 0.1) is 5.92 Å². The van der Waals surface area contributed by atoms with Gasteiger partial charge in [0.25, 0.3) is 11.9 Å². The van der Waals surface area contributed by atoms with Gasteiger partial charge < -0.3 is 35.1 Å². The van der Waals surface area contributed by atoms with Crippen molar-refractivity contribution in [2.45, 2.75) is 51.2 Å². The summed E-state index contributed by atoms with van der Waals surface area (Å²) in [6, 6.07) is 4.60. The molecule has 4 heterocycles. The average Bonchev–Trinajstić information content (AvgIpc) is 3.50. The highest BCUT2D eigenvalue weighted by Gasteiger charge is 2.33. The third-order valence-corrected chi connectivity index (χ3v) is 6.86. The Morgan fingerprint density at radius 2 is 2.00 bits per heavy atom. The highest BCUT2D eigenvalue weighted by atomic mass is 16.5. The Morgan fingerprint density at radius 3 is 2.70 bits per heavy atom. The summed E-state index contributed by atoms with van der Waals surface area (Å²) in [4.78, 5) is 21.7. The second-order valence-corrected chi connectivity index (χ2v) is 10.1. The number of hydrogen-bond acceptors (Lipinski definition) is 8. The van der Waals surface area contributed by atoms with E-state index in [1.54, 1.807) is 0 Å². The molecular weight excluding hydrogens is 422 g/mol. The predicted molar refractivity (Wildman–Crippen MR) is 126 cm³/mol. The summed E-state index contributed by atoms with van der Waals surface area (Å²) in [5.74, 6) is 0.889. The van der Waals surface area contributed by atoms with E-state index in [9.17, 15) is 9.90 Å². The molecule has 9 nitrogen and oxygen atoms in total. The zero-order chi connectivity index (χ0) is 23.2. The number of nitrogens with one attached hydrogen (secondary N) is 1. The molecule has 2 fully saturated rings. The van der Waals surface area contributed by atoms with E-state index in [-0.39, 0.29) is 29.9 Å². The largest absolute Gasteiger partial charge is 0.487 e. The Bertz CT molecular complexity index is 1030. The number of aromatic nitrogens is 1. The summed E-state index contributed by atoms with van der Waals surface area (Å²) in [5, 5.41) is 12.6. The van der Waals surface area contributed by atoms with E-state index < -0.39 is 0 Å². The number of ether oxygens (including phenoxy) is 1. The van der Waals surface area contributed by atoms with Crippen molar-refractivity contribution in [1.82, 2.24) is 4.98 Å². The first-order valence-corrected chi connectivity index (χ1v) is 11.8. The maximum Gasteiger partial charge on any atom is 0.298 e. The molecule has 3 aliphatic rings. The van der Waals surface area contributed by atoms with Crippen molar-refractivity contribution in [2.75, 3.05) is 47.9 Å². The molecule has 3 aliphatic heterocycles. The minimum Gasteiger partial charge on any atom is -0.487 e. The van der Waals surface area contributed by atoms with Crippen LogP contribution in [-0.4, -0.2) is 60.4 Å². The summed E-state index contributed by atoms with van der Waals surface area (Å²) >= 11 is 0. The normalized spacial score (nSPS) is 22.4. The SMILES string of the molecule is CC1(C)Cc2cc(NC(=O)c3coc(N4CC[C@@H](N)C4)n3)c(N3CCC(CO)CC3)cc2O1. The minimum atomic E-state index is -0.307. The molecule has 0 saturated carbocycles. The fourth-order valence-electron chi connectivity index (χ4n) is 5.02. The number of carbonyl (C=O) groups excluding carboxylic acids is 1. The second-order valence-electron chi connectivity index (χ2n) is 10.1. The Kier molecular flexibility index (Phi) is 5.70. The summed E-state index contributed by atoms with van der Waals surface area (Å²) in [6.07, 6.45) is 4.89. The number of aliphatic hydroxyl groups excluding tert-OH is 1. The van der Waals surface area contributed by atoms with Crippen LogP contribution in [0.15, 0.2) is 22.8 Å². The number of rotatable bonds is 5. The third kappa shape index (κ3) is 4.52. The van der Waals surface area contributed by atoms with Crippen LogP contribution in [0.3, 0.4) is 0 Å². The molecule has 0 unspecified atom stereocenters. The van der Waals surface area contributed by atoms with Gasteiger partial charge in [-0.2, -0.15) is 4.98 Å². The number of benzene rings is 1. The lowest BCUT2D eigenvalue weighted by Crippen LogP contribution is -2.35. The number of carbonyl (C=O) groups is 1. The molecule has 5 rings (SSSR count). The van der Waals surface area contributed by atoms with Gasteiger partial charge in [0.05, 0.1) is 11.4 Å². The first-order valence-electron chi connectivity index (χ1n) is 11.8. The number of amides is 1. The molecule has 4 N–H and O–H groups in total.